The Morgan fingerprint density at radius 2 is 2.09 bits per heavy atom. The van der Waals surface area contributed by atoms with Gasteiger partial charge in [-0.05, 0) is 17.7 Å². The quantitative estimate of drug-likeness (QED) is 0.806. The van der Waals surface area contributed by atoms with Gasteiger partial charge in [0.15, 0.2) is 17.7 Å². The van der Waals surface area contributed by atoms with Gasteiger partial charge in [-0.15, -0.1) is 0 Å². The molecule has 2 saturated heterocycles. The van der Waals surface area contributed by atoms with Crippen molar-refractivity contribution in [2.24, 2.45) is 0 Å². The Morgan fingerprint density at radius 3 is 2.77 bits per heavy atom. The van der Waals surface area contributed by atoms with E-state index in [0.717, 1.165) is 5.56 Å². The minimum absolute atomic E-state index is 0.0247. The Kier molecular flexibility index (Phi) is 3.72. The molecule has 0 saturated carbocycles. The molecule has 7 nitrogen and oxygen atoms in total. The number of hydrogen-bond donors (Lipinski definition) is 2. The van der Waals surface area contributed by atoms with Gasteiger partial charge in [-0.25, -0.2) is 0 Å². The van der Waals surface area contributed by atoms with Crippen LogP contribution >= 0.6 is 0 Å². The Hall–Kier alpha value is -1.83. The lowest BCUT2D eigenvalue weighted by Gasteiger charge is -2.27. The van der Waals surface area contributed by atoms with Gasteiger partial charge in [-0.3, -0.25) is 4.79 Å². The third kappa shape index (κ3) is 2.22. The predicted octanol–water partition coefficient (Wildman–Crippen LogP) is -0.116. The Labute approximate surface area is 128 Å². The molecular weight excluding hydrogens is 290 g/mol. The number of benzene rings is 1. The van der Waals surface area contributed by atoms with Crippen LogP contribution in [0.25, 0.3) is 0 Å². The van der Waals surface area contributed by atoms with Crippen molar-refractivity contribution in [3.63, 3.8) is 0 Å². The average molecular weight is 309 g/mol. The highest BCUT2D eigenvalue weighted by atomic mass is 16.6. The molecule has 1 amide bonds. The van der Waals surface area contributed by atoms with Crippen LogP contribution in [-0.2, 0) is 16.1 Å². The fourth-order valence-corrected chi connectivity index (χ4v) is 3.02. The summed E-state index contributed by atoms with van der Waals surface area (Å²) in [6, 6.07) is 5.34. The van der Waals surface area contributed by atoms with Crippen LogP contribution in [0.2, 0.25) is 0 Å². The molecule has 0 unspecified atom stereocenters. The number of ether oxygens (including phenoxy) is 3. The van der Waals surface area contributed by atoms with Gasteiger partial charge in [0, 0.05) is 6.54 Å². The molecule has 7 heteroatoms. The first-order valence-corrected chi connectivity index (χ1v) is 7.02. The van der Waals surface area contributed by atoms with Crippen LogP contribution < -0.4 is 9.47 Å². The van der Waals surface area contributed by atoms with E-state index in [1.165, 1.54) is 12.0 Å². The predicted molar refractivity (Wildman–Crippen MR) is 75.4 cm³/mol. The van der Waals surface area contributed by atoms with E-state index in [2.05, 4.69) is 0 Å². The van der Waals surface area contributed by atoms with Crippen LogP contribution in [0.5, 0.6) is 11.5 Å². The summed E-state index contributed by atoms with van der Waals surface area (Å²) in [6.07, 6.45) is -1.99. The van der Waals surface area contributed by atoms with Gasteiger partial charge in [0.2, 0.25) is 5.91 Å². The minimum Gasteiger partial charge on any atom is -0.493 e. The maximum absolute atomic E-state index is 12.1. The molecule has 3 rings (SSSR count). The van der Waals surface area contributed by atoms with Crippen LogP contribution in [0, 0.1) is 0 Å². The van der Waals surface area contributed by atoms with Gasteiger partial charge < -0.3 is 29.3 Å². The standard InChI is InChI=1S/C15H19NO6/c1-20-10-4-3-9(5-11(10)21-2)7-16-13(18)6-15(19)12(17)8-22-14(15)16/h3-5,12,14,17,19H,6-8H2,1-2H3/t12-,14+,15+/m1/s1. The van der Waals surface area contributed by atoms with E-state index >= 15 is 0 Å². The second kappa shape index (κ2) is 5.42. The summed E-state index contributed by atoms with van der Waals surface area (Å²) in [5.74, 6) is 0.915. The number of rotatable bonds is 4. The van der Waals surface area contributed by atoms with Gasteiger partial charge >= 0.3 is 0 Å². The Bertz CT molecular complexity index is 591. The number of aliphatic hydroxyl groups is 2. The first-order chi connectivity index (χ1) is 10.5. The van der Waals surface area contributed by atoms with Crippen molar-refractivity contribution in [3.05, 3.63) is 23.8 Å². The molecule has 0 aromatic heterocycles. The Balaban J connectivity index is 1.83. The number of aliphatic hydroxyl groups excluding tert-OH is 1. The number of carbonyl (C=O) groups excluding carboxylic acids is 1. The summed E-state index contributed by atoms with van der Waals surface area (Å²) < 4.78 is 15.8. The van der Waals surface area contributed by atoms with E-state index in [0.29, 0.717) is 11.5 Å². The number of nitrogens with zero attached hydrogens (tertiary/aromatic N) is 1. The van der Waals surface area contributed by atoms with Crippen LogP contribution in [0.4, 0.5) is 0 Å². The normalized spacial score (nSPS) is 30.5. The zero-order valence-electron chi connectivity index (χ0n) is 12.5. The maximum Gasteiger partial charge on any atom is 0.228 e. The van der Waals surface area contributed by atoms with E-state index < -0.39 is 17.9 Å². The fraction of sp³-hybridized carbons (Fsp3) is 0.533. The molecule has 2 aliphatic rings. The summed E-state index contributed by atoms with van der Waals surface area (Å²) in [5, 5.41) is 20.2. The van der Waals surface area contributed by atoms with Crippen LogP contribution in [-0.4, -0.2) is 59.8 Å². The molecular formula is C15H19NO6. The number of hydrogen-bond acceptors (Lipinski definition) is 6. The highest BCUT2D eigenvalue weighted by Crippen LogP contribution is 2.39. The topological polar surface area (TPSA) is 88.5 Å². The molecule has 0 bridgehead atoms. The van der Waals surface area contributed by atoms with Crippen LogP contribution in [0.15, 0.2) is 18.2 Å². The number of methoxy groups -OCH3 is 2. The average Bonchev–Trinajstić information content (AvgIpc) is 2.92. The highest BCUT2D eigenvalue weighted by molar-refractivity contribution is 5.81. The monoisotopic (exact) mass is 309 g/mol. The van der Waals surface area contributed by atoms with Crippen molar-refractivity contribution in [1.82, 2.24) is 4.90 Å². The molecule has 0 aliphatic carbocycles. The molecule has 2 heterocycles. The van der Waals surface area contributed by atoms with Gasteiger partial charge in [-0.1, -0.05) is 6.07 Å². The van der Waals surface area contributed by atoms with E-state index in [9.17, 15) is 15.0 Å². The van der Waals surface area contributed by atoms with E-state index in [4.69, 9.17) is 14.2 Å². The van der Waals surface area contributed by atoms with Crippen molar-refractivity contribution < 1.29 is 29.2 Å². The van der Waals surface area contributed by atoms with Gasteiger partial charge in [0.05, 0.1) is 27.2 Å². The first-order valence-electron chi connectivity index (χ1n) is 7.02. The van der Waals surface area contributed by atoms with Crippen molar-refractivity contribution in [1.29, 1.82) is 0 Å². The lowest BCUT2D eigenvalue weighted by molar-refractivity contribution is -0.137. The van der Waals surface area contributed by atoms with Gasteiger partial charge in [0.1, 0.15) is 11.7 Å². The van der Waals surface area contributed by atoms with E-state index in [1.54, 1.807) is 19.2 Å². The van der Waals surface area contributed by atoms with E-state index in [-0.39, 0.29) is 25.5 Å². The number of likely N-dealkylation sites (tertiary alicyclic amines) is 1. The molecule has 2 N–H and O–H groups in total. The minimum atomic E-state index is -1.52. The third-order valence-corrected chi connectivity index (χ3v) is 4.26. The summed E-state index contributed by atoms with van der Waals surface area (Å²) in [5.41, 5.74) is -0.701. The largest absolute Gasteiger partial charge is 0.493 e. The van der Waals surface area contributed by atoms with Crippen molar-refractivity contribution in [3.8, 4) is 11.5 Å². The number of amides is 1. The molecule has 2 aliphatic heterocycles. The highest BCUT2D eigenvalue weighted by Gasteiger charge is 2.59. The summed E-state index contributed by atoms with van der Waals surface area (Å²) in [7, 11) is 3.09. The molecule has 120 valence electrons. The fourth-order valence-electron chi connectivity index (χ4n) is 3.02. The van der Waals surface area contributed by atoms with Gasteiger partial charge in [-0.2, -0.15) is 0 Å². The zero-order valence-corrected chi connectivity index (χ0v) is 12.5. The zero-order chi connectivity index (χ0) is 15.9. The molecule has 0 spiro atoms. The molecule has 2 fully saturated rings. The van der Waals surface area contributed by atoms with Crippen molar-refractivity contribution in [2.75, 3.05) is 20.8 Å². The summed E-state index contributed by atoms with van der Waals surface area (Å²) in [6.45, 7) is 0.287. The summed E-state index contributed by atoms with van der Waals surface area (Å²) >= 11 is 0. The van der Waals surface area contributed by atoms with Gasteiger partial charge in [0.25, 0.3) is 0 Å². The van der Waals surface area contributed by atoms with E-state index in [1.807, 2.05) is 6.07 Å². The second-order valence-corrected chi connectivity index (χ2v) is 5.58. The molecule has 22 heavy (non-hydrogen) atoms. The maximum atomic E-state index is 12.1. The molecule has 1 aromatic rings. The van der Waals surface area contributed by atoms with Crippen LogP contribution in [0.1, 0.15) is 12.0 Å². The number of carbonyl (C=O) groups is 1. The van der Waals surface area contributed by atoms with Crippen LogP contribution in [0.3, 0.4) is 0 Å². The molecule has 1 aromatic carbocycles. The number of fused-ring (bicyclic) bond motifs is 1. The first kappa shape index (κ1) is 15.1. The van der Waals surface area contributed by atoms with Crippen molar-refractivity contribution in [2.45, 2.75) is 30.9 Å². The second-order valence-electron chi connectivity index (χ2n) is 5.58. The van der Waals surface area contributed by atoms with Crippen molar-refractivity contribution >= 4 is 5.91 Å². The summed E-state index contributed by atoms with van der Waals surface area (Å²) in [4.78, 5) is 13.6. The Morgan fingerprint density at radius 1 is 1.36 bits per heavy atom. The smallest absolute Gasteiger partial charge is 0.228 e. The molecule has 3 atom stereocenters. The third-order valence-electron chi connectivity index (χ3n) is 4.26. The lowest BCUT2D eigenvalue weighted by Crippen LogP contribution is -2.46. The SMILES string of the molecule is COc1ccc(CN2C(=O)C[C@]3(O)[C@H](O)CO[C@H]23)cc1OC. The molecule has 0 radical (unpaired) electrons. The lowest BCUT2D eigenvalue weighted by atomic mass is 9.97.